The molecule has 0 fully saturated rings. The topological polar surface area (TPSA) is 32.6 Å². The molecule has 0 bridgehead atoms. The van der Waals surface area contributed by atoms with E-state index in [0.717, 1.165) is 11.3 Å². The van der Waals surface area contributed by atoms with E-state index in [1.165, 1.54) is 4.46 Å². The number of hydrogen-bond donors (Lipinski definition) is 1. The molecule has 0 aromatic heterocycles. The van der Waals surface area contributed by atoms with Crippen LogP contribution in [0.4, 0.5) is 0 Å². The minimum absolute atomic E-state index is 0.0219. The monoisotopic (exact) mass is 293 g/mol. The Balaban J connectivity index is 2.17. The first-order valence-corrected chi connectivity index (χ1v) is 7.19. The van der Waals surface area contributed by atoms with Gasteiger partial charge in [-0.1, -0.05) is 0 Å². The molecule has 1 aliphatic rings. The van der Waals surface area contributed by atoms with Gasteiger partial charge in [-0.3, -0.25) is 0 Å². The summed E-state index contributed by atoms with van der Waals surface area (Å²) >= 11 is 0.0219. The van der Waals surface area contributed by atoms with E-state index in [1.807, 2.05) is 31.2 Å². The molecule has 0 heterocycles. The van der Waals surface area contributed by atoms with Crippen molar-refractivity contribution in [2.75, 3.05) is 0 Å². The van der Waals surface area contributed by atoms with E-state index >= 15 is 0 Å². The van der Waals surface area contributed by atoms with Gasteiger partial charge in [0.05, 0.1) is 0 Å². The first-order valence-electron chi connectivity index (χ1n) is 5.57. The van der Waals surface area contributed by atoms with Crippen molar-refractivity contribution >= 4 is 25.3 Å². The van der Waals surface area contributed by atoms with Crippen molar-refractivity contribution in [3.8, 4) is 0 Å². The van der Waals surface area contributed by atoms with Gasteiger partial charge in [0.1, 0.15) is 0 Å². The van der Waals surface area contributed by atoms with Gasteiger partial charge in [-0.25, -0.2) is 0 Å². The van der Waals surface area contributed by atoms with Crippen LogP contribution in [0.2, 0.25) is 0 Å². The summed E-state index contributed by atoms with van der Waals surface area (Å²) in [5.41, 5.74) is 1.81. The van der Waals surface area contributed by atoms with E-state index in [-0.39, 0.29) is 21.1 Å². The van der Waals surface area contributed by atoms with Gasteiger partial charge in [-0.05, 0) is 0 Å². The van der Waals surface area contributed by atoms with Crippen molar-refractivity contribution < 1.29 is 5.11 Å². The maximum absolute atomic E-state index is 9.89. The van der Waals surface area contributed by atoms with Gasteiger partial charge in [0.15, 0.2) is 0 Å². The summed E-state index contributed by atoms with van der Waals surface area (Å²) in [5.74, 6) is 0.605. The summed E-state index contributed by atoms with van der Waals surface area (Å²) < 4.78 is 5.76. The quantitative estimate of drug-likeness (QED) is 0.834. The Morgan fingerprint density at radius 2 is 1.88 bits per heavy atom. The van der Waals surface area contributed by atoms with Gasteiger partial charge in [-0.15, -0.1) is 0 Å². The fourth-order valence-electron chi connectivity index (χ4n) is 1.75. The third-order valence-electron chi connectivity index (χ3n) is 2.54. The molecule has 0 saturated carbocycles. The van der Waals surface area contributed by atoms with Gasteiger partial charge < -0.3 is 0 Å². The zero-order chi connectivity index (χ0) is 12.3. The van der Waals surface area contributed by atoms with Crippen LogP contribution in [-0.2, 0) is 0 Å². The van der Waals surface area contributed by atoms with Crippen molar-refractivity contribution in [3.05, 3.63) is 53.8 Å². The van der Waals surface area contributed by atoms with Crippen LogP contribution in [0.1, 0.15) is 13.8 Å². The molecule has 0 amide bonds. The Hall–Kier alpha value is -1.31. The predicted molar refractivity (Wildman–Crippen MR) is 72.9 cm³/mol. The van der Waals surface area contributed by atoms with E-state index in [2.05, 4.69) is 29.1 Å². The van der Waals surface area contributed by atoms with Crippen LogP contribution in [0.25, 0.3) is 0 Å². The summed E-state index contributed by atoms with van der Waals surface area (Å²) in [6.45, 7) is 4.05. The molecule has 17 heavy (non-hydrogen) atoms. The number of nitrogens with zero attached hydrogens (tertiary/aromatic N) is 1. The zero-order valence-corrected chi connectivity index (χ0v) is 11.6. The molecule has 0 spiro atoms. The van der Waals surface area contributed by atoms with Gasteiger partial charge >= 0.3 is 108 Å². The van der Waals surface area contributed by atoms with Crippen LogP contribution in [-0.4, -0.2) is 26.0 Å². The molecule has 2 nitrogen and oxygen atoms in total. The van der Waals surface area contributed by atoms with Gasteiger partial charge in [-0.2, -0.15) is 0 Å². The first-order chi connectivity index (χ1) is 8.16. The number of aliphatic hydroxyl groups excluding tert-OH is 1. The van der Waals surface area contributed by atoms with Crippen LogP contribution in [0, 0.1) is 5.92 Å². The fourth-order valence-corrected chi connectivity index (χ4v) is 3.25. The van der Waals surface area contributed by atoms with Crippen LogP contribution in [0.15, 0.2) is 57.8 Å². The molecular formula is C14H15NOSe. The second-order valence-electron chi connectivity index (χ2n) is 4.10. The Morgan fingerprint density at radius 1 is 1.18 bits per heavy atom. The molecule has 88 valence electrons. The predicted octanol–water partition coefficient (Wildman–Crippen LogP) is 2.41. The second kappa shape index (κ2) is 5.35. The number of hydrogen-bond acceptors (Lipinski definition) is 2. The summed E-state index contributed by atoms with van der Waals surface area (Å²) in [4.78, 5) is 0. The molecule has 1 aromatic rings. The zero-order valence-electron chi connectivity index (χ0n) is 9.92. The number of rotatable bonds is 2. The third kappa shape index (κ3) is 3.09. The summed E-state index contributed by atoms with van der Waals surface area (Å²) in [6.07, 6.45) is 3.96. The maximum atomic E-state index is 9.89. The van der Waals surface area contributed by atoms with Crippen molar-refractivity contribution in [3.63, 3.8) is 0 Å². The van der Waals surface area contributed by atoms with Crippen molar-refractivity contribution in [2.45, 2.75) is 13.8 Å². The molecule has 1 N–H and O–H groups in total. The Labute approximate surface area is 108 Å². The number of allylic oxidation sites excluding steroid dienone is 3. The third-order valence-corrected chi connectivity index (χ3v) is 4.12. The Kier molecular flexibility index (Phi) is 3.82. The van der Waals surface area contributed by atoms with Crippen LogP contribution in [0.3, 0.4) is 0 Å². The van der Waals surface area contributed by atoms with Crippen LogP contribution in [0.5, 0.6) is 0 Å². The molecule has 3 heteroatoms. The van der Waals surface area contributed by atoms with E-state index < -0.39 is 0 Å². The number of aliphatic hydroxyl groups is 1. The molecule has 1 atom stereocenters. The first kappa shape index (κ1) is 12.2. The standard InChI is InChI=1S/C14H15NOSe/c1-10-8-11(2)14(13(16)9-10)15-17-12-6-4-3-5-7-12/h3-10,16H,1-2H3/b15-14+. The summed E-state index contributed by atoms with van der Waals surface area (Å²) in [6, 6.07) is 10.2. The summed E-state index contributed by atoms with van der Waals surface area (Å²) in [7, 11) is 0. The van der Waals surface area contributed by atoms with E-state index in [9.17, 15) is 5.11 Å². The molecule has 0 saturated heterocycles. The average molecular weight is 292 g/mol. The normalized spacial score (nSPS) is 22.2. The number of benzene rings is 1. The fraction of sp³-hybridized carbons (Fsp3) is 0.214. The molecule has 1 unspecified atom stereocenters. The molecule has 0 aliphatic heterocycles. The molecule has 2 rings (SSSR count). The minimum atomic E-state index is 0.0219. The Bertz CT molecular complexity index is 466. The van der Waals surface area contributed by atoms with Gasteiger partial charge in [0.25, 0.3) is 0 Å². The van der Waals surface area contributed by atoms with Crippen molar-refractivity contribution in [1.29, 1.82) is 0 Å². The summed E-state index contributed by atoms with van der Waals surface area (Å²) in [5, 5.41) is 9.89. The van der Waals surface area contributed by atoms with Gasteiger partial charge in [0.2, 0.25) is 0 Å². The van der Waals surface area contributed by atoms with Crippen molar-refractivity contribution in [2.24, 2.45) is 9.93 Å². The van der Waals surface area contributed by atoms with Crippen LogP contribution < -0.4 is 4.46 Å². The molecule has 1 aromatic carbocycles. The van der Waals surface area contributed by atoms with E-state index in [0.29, 0.717) is 5.76 Å². The van der Waals surface area contributed by atoms with E-state index in [4.69, 9.17) is 0 Å². The van der Waals surface area contributed by atoms with Crippen molar-refractivity contribution in [1.82, 2.24) is 0 Å². The Morgan fingerprint density at radius 3 is 2.53 bits per heavy atom. The van der Waals surface area contributed by atoms with E-state index in [1.54, 1.807) is 0 Å². The molecule has 1 aliphatic carbocycles. The molecule has 0 radical (unpaired) electrons. The van der Waals surface area contributed by atoms with Gasteiger partial charge in [0, 0.05) is 0 Å². The molecular weight excluding hydrogens is 277 g/mol. The average Bonchev–Trinajstić information content (AvgIpc) is 2.29. The second-order valence-corrected chi connectivity index (χ2v) is 5.86. The van der Waals surface area contributed by atoms with Crippen LogP contribution >= 0.6 is 0 Å². The SMILES string of the molecule is CC1=CC(C)C=C(O)/C1=N/[Se]c1ccccc1.